The molecule has 1 heterocycles. The molecule has 0 bridgehead atoms. The number of anilines is 2. The number of methoxy groups -OCH3 is 2. The highest BCUT2D eigenvalue weighted by molar-refractivity contribution is 6.17. The van der Waals surface area contributed by atoms with Crippen molar-refractivity contribution in [2.75, 3.05) is 24.9 Å². The lowest BCUT2D eigenvalue weighted by Crippen LogP contribution is -2.35. The van der Waals surface area contributed by atoms with Gasteiger partial charge in [0.25, 0.3) is 0 Å². The van der Waals surface area contributed by atoms with E-state index in [4.69, 9.17) is 14.2 Å². The molecule has 0 atom stereocenters. The number of aromatic nitrogens is 1. The largest absolute Gasteiger partial charge is 0.493 e. The first-order chi connectivity index (χ1) is 18.7. The molecule has 0 aliphatic heterocycles. The summed E-state index contributed by atoms with van der Waals surface area (Å²) in [6, 6.07) is 13.5. The van der Waals surface area contributed by atoms with Crippen molar-refractivity contribution in [1.29, 1.82) is 0 Å². The summed E-state index contributed by atoms with van der Waals surface area (Å²) >= 11 is 0. The van der Waals surface area contributed by atoms with Gasteiger partial charge in [0.05, 0.1) is 25.4 Å². The van der Waals surface area contributed by atoms with Crippen molar-refractivity contribution in [2.24, 2.45) is 5.41 Å². The quantitative estimate of drug-likeness (QED) is 0.270. The Kier molecular flexibility index (Phi) is 6.78. The van der Waals surface area contributed by atoms with E-state index in [0.29, 0.717) is 40.9 Å². The van der Waals surface area contributed by atoms with Crippen molar-refractivity contribution in [2.45, 2.75) is 19.8 Å². The van der Waals surface area contributed by atoms with Crippen LogP contribution in [0.25, 0.3) is 10.9 Å². The van der Waals surface area contributed by atoms with Crippen LogP contribution >= 0.6 is 0 Å². The highest BCUT2D eigenvalue weighted by Gasteiger charge is 2.56. The van der Waals surface area contributed by atoms with Crippen LogP contribution in [-0.2, 0) is 9.59 Å². The van der Waals surface area contributed by atoms with Gasteiger partial charge in [0.15, 0.2) is 28.9 Å². The summed E-state index contributed by atoms with van der Waals surface area (Å²) in [5.74, 6) is -2.37. The second-order valence-electron chi connectivity index (χ2n) is 9.25. The molecule has 0 saturated heterocycles. The maximum Gasteiger partial charge on any atom is 0.240 e. The van der Waals surface area contributed by atoms with Crippen molar-refractivity contribution >= 4 is 34.1 Å². The molecule has 2 N–H and O–H groups in total. The Morgan fingerprint density at radius 1 is 0.821 bits per heavy atom. The van der Waals surface area contributed by atoms with Gasteiger partial charge >= 0.3 is 0 Å². The van der Waals surface area contributed by atoms with Crippen molar-refractivity contribution in [1.82, 2.24) is 4.98 Å². The van der Waals surface area contributed by atoms with E-state index in [1.807, 2.05) is 19.1 Å². The average molecular weight is 534 g/mol. The van der Waals surface area contributed by atoms with Crippen molar-refractivity contribution < 1.29 is 32.6 Å². The number of ether oxygens (including phenoxy) is 3. The van der Waals surface area contributed by atoms with Crippen LogP contribution in [0.5, 0.6) is 23.0 Å². The van der Waals surface area contributed by atoms with Crippen LogP contribution < -0.4 is 24.8 Å². The van der Waals surface area contributed by atoms with Gasteiger partial charge in [-0.2, -0.15) is 0 Å². The Bertz CT molecular complexity index is 1590. The van der Waals surface area contributed by atoms with Crippen molar-refractivity contribution in [3.05, 3.63) is 78.0 Å². The third-order valence-corrected chi connectivity index (χ3v) is 6.63. The third kappa shape index (κ3) is 5.05. The van der Waals surface area contributed by atoms with Crippen LogP contribution in [0.2, 0.25) is 0 Å². The fourth-order valence-electron chi connectivity index (χ4n) is 4.17. The minimum atomic E-state index is -1.35. The number of nitrogens with one attached hydrogen (secondary N) is 2. The molecule has 1 saturated carbocycles. The van der Waals surface area contributed by atoms with E-state index < -0.39 is 40.3 Å². The van der Waals surface area contributed by atoms with Gasteiger partial charge in [-0.15, -0.1) is 0 Å². The van der Waals surface area contributed by atoms with E-state index >= 15 is 8.78 Å². The van der Waals surface area contributed by atoms with Crippen LogP contribution in [0, 0.1) is 24.0 Å². The maximum absolute atomic E-state index is 15.0. The number of carbonyl (C=O) groups is 2. The lowest BCUT2D eigenvalue weighted by atomic mass is 10.0. The Morgan fingerprint density at radius 3 is 2.15 bits per heavy atom. The molecule has 1 aromatic heterocycles. The number of halogens is 2. The average Bonchev–Trinajstić information content (AvgIpc) is 3.74. The first kappa shape index (κ1) is 25.9. The van der Waals surface area contributed by atoms with Gasteiger partial charge in [0.1, 0.15) is 11.2 Å². The van der Waals surface area contributed by atoms with Gasteiger partial charge in [-0.05, 0) is 44.0 Å². The van der Waals surface area contributed by atoms with Gasteiger partial charge in [-0.1, -0.05) is 17.7 Å². The van der Waals surface area contributed by atoms with Gasteiger partial charge < -0.3 is 24.8 Å². The van der Waals surface area contributed by atoms with Crippen molar-refractivity contribution in [3.63, 3.8) is 0 Å². The molecule has 10 heteroatoms. The molecular formula is C29H25F2N3O5. The number of aryl methyl sites for hydroxylation is 1. The summed E-state index contributed by atoms with van der Waals surface area (Å²) in [5.41, 5.74) is 0.315. The fraction of sp³-hybridized carbons (Fsp3) is 0.207. The fourth-order valence-corrected chi connectivity index (χ4v) is 4.17. The van der Waals surface area contributed by atoms with Gasteiger partial charge in [0, 0.05) is 35.5 Å². The van der Waals surface area contributed by atoms with E-state index in [0.717, 1.165) is 17.7 Å². The summed E-state index contributed by atoms with van der Waals surface area (Å²) in [6.45, 7) is 1.92. The molecule has 0 unspecified atom stereocenters. The van der Waals surface area contributed by atoms with Crippen LogP contribution in [-0.4, -0.2) is 31.0 Å². The van der Waals surface area contributed by atoms with Gasteiger partial charge in [-0.3, -0.25) is 14.6 Å². The van der Waals surface area contributed by atoms with Gasteiger partial charge in [0.2, 0.25) is 11.8 Å². The number of benzene rings is 3. The summed E-state index contributed by atoms with van der Waals surface area (Å²) in [6.07, 6.45) is 2.06. The number of fused-ring (bicyclic) bond motifs is 1. The molecule has 2 amide bonds. The molecule has 39 heavy (non-hydrogen) atoms. The Labute approximate surface area is 222 Å². The monoisotopic (exact) mass is 533 g/mol. The van der Waals surface area contributed by atoms with Crippen LogP contribution in [0.1, 0.15) is 18.4 Å². The number of amides is 2. The summed E-state index contributed by atoms with van der Waals surface area (Å²) < 4.78 is 46.4. The zero-order valence-corrected chi connectivity index (χ0v) is 21.4. The number of carbonyl (C=O) groups excluding carboxylic acids is 2. The Morgan fingerprint density at radius 2 is 1.49 bits per heavy atom. The molecule has 0 radical (unpaired) electrons. The lowest BCUT2D eigenvalue weighted by molar-refractivity contribution is -0.131. The number of hydrogen-bond donors (Lipinski definition) is 2. The number of hydrogen-bond acceptors (Lipinski definition) is 6. The van der Waals surface area contributed by atoms with E-state index in [1.54, 1.807) is 24.3 Å². The Hall–Kier alpha value is -4.73. The molecule has 5 rings (SSSR count). The minimum Gasteiger partial charge on any atom is -0.493 e. The SMILES string of the molecule is COc1cc2nccc(Oc3cc(F)c(NC(=O)C4(C(=O)Nc5ccc(C)cc5)CC4)cc3F)c2cc1OC. The standard InChI is InChI=1S/C29H25F2N3O5/c1-16-4-6-17(7-5-16)33-27(35)29(9-10-29)28(36)34-22-13-20(31)24(14-19(22)30)39-23-8-11-32-21-15-26(38-3)25(37-2)12-18(21)23/h4-8,11-15H,9-10H2,1-3H3,(H,33,35)(H,34,36). The highest BCUT2D eigenvalue weighted by atomic mass is 19.1. The number of pyridine rings is 1. The highest BCUT2D eigenvalue weighted by Crippen LogP contribution is 2.48. The smallest absolute Gasteiger partial charge is 0.240 e. The topological polar surface area (TPSA) is 98.8 Å². The van der Waals surface area contributed by atoms with Crippen LogP contribution in [0.3, 0.4) is 0 Å². The molecule has 1 aliphatic rings. The van der Waals surface area contributed by atoms with E-state index in [9.17, 15) is 9.59 Å². The molecule has 1 aliphatic carbocycles. The molecule has 200 valence electrons. The molecule has 4 aromatic rings. The molecule has 3 aromatic carbocycles. The normalized spacial score (nSPS) is 13.5. The first-order valence-corrected chi connectivity index (χ1v) is 12.1. The molecule has 8 nitrogen and oxygen atoms in total. The summed E-state index contributed by atoms with van der Waals surface area (Å²) in [4.78, 5) is 30.1. The first-order valence-electron chi connectivity index (χ1n) is 12.1. The molecule has 0 spiro atoms. The molecular weight excluding hydrogens is 508 g/mol. The zero-order chi connectivity index (χ0) is 27.7. The van der Waals surface area contributed by atoms with Crippen LogP contribution in [0.4, 0.5) is 20.2 Å². The van der Waals surface area contributed by atoms with E-state index in [-0.39, 0.29) is 5.75 Å². The van der Waals surface area contributed by atoms with Gasteiger partial charge in [-0.25, -0.2) is 8.78 Å². The van der Waals surface area contributed by atoms with E-state index in [1.165, 1.54) is 26.5 Å². The zero-order valence-electron chi connectivity index (χ0n) is 21.4. The predicted molar refractivity (Wildman–Crippen MR) is 141 cm³/mol. The predicted octanol–water partition coefficient (Wildman–Crippen LogP) is 5.99. The molecule has 1 fully saturated rings. The second kappa shape index (κ2) is 10.2. The minimum absolute atomic E-state index is 0.209. The van der Waals surface area contributed by atoms with E-state index in [2.05, 4.69) is 15.6 Å². The second-order valence-corrected chi connectivity index (χ2v) is 9.25. The summed E-state index contributed by atoms with van der Waals surface area (Å²) in [7, 11) is 2.96. The third-order valence-electron chi connectivity index (χ3n) is 6.63. The maximum atomic E-state index is 15.0. The lowest BCUT2D eigenvalue weighted by Gasteiger charge is -2.17. The van der Waals surface area contributed by atoms with Crippen LogP contribution in [0.15, 0.2) is 60.8 Å². The number of rotatable bonds is 8. The Balaban J connectivity index is 1.35. The number of nitrogens with zero attached hydrogens (tertiary/aromatic N) is 1. The van der Waals surface area contributed by atoms with Crippen molar-refractivity contribution in [3.8, 4) is 23.0 Å². The summed E-state index contributed by atoms with van der Waals surface area (Å²) in [5, 5.41) is 5.58.